The van der Waals surface area contributed by atoms with E-state index in [1.54, 1.807) is 0 Å². The first-order chi connectivity index (χ1) is 15.4. The van der Waals surface area contributed by atoms with Crippen LogP contribution in [0.2, 0.25) is 0 Å². The molecule has 0 amide bonds. The lowest BCUT2D eigenvalue weighted by Crippen LogP contribution is -2.26. The van der Waals surface area contributed by atoms with E-state index >= 15 is 0 Å². The van der Waals surface area contributed by atoms with E-state index in [-0.39, 0.29) is 0 Å². The molecule has 2 nitrogen and oxygen atoms in total. The zero-order chi connectivity index (χ0) is 22.4. The molecular weight excluding hydrogens is 388 g/mol. The standard InChI is InChI=1S/C30H30N2/c1-20-16-23(4)30(24(5)17-20)31-19-32(29-21(2)10-9-11-22(29)3)28-18-26(14-15-27(28)31)25-12-7-6-8-13-25/h6-18H,19H2,1-5H3. The minimum Gasteiger partial charge on any atom is -0.320 e. The van der Waals surface area contributed by atoms with Crippen molar-refractivity contribution in [1.82, 2.24) is 0 Å². The third-order valence-corrected chi connectivity index (χ3v) is 6.56. The fraction of sp³-hybridized carbons (Fsp3) is 0.200. The van der Waals surface area contributed by atoms with Crippen LogP contribution >= 0.6 is 0 Å². The summed E-state index contributed by atoms with van der Waals surface area (Å²) in [6.45, 7) is 11.9. The molecule has 1 heterocycles. The molecule has 1 aliphatic heterocycles. The Balaban J connectivity index is 1.72. The summed E-state index contributed by atoms with van der Waals surface area (Å²) in [6.07, 6.45) is 0. The van der Waals surface area contributed by atoms with Crippen LogP contribution < -0.4 is 9.80 Å². The van der Waals surface area contributed by atoms with Gasteiger partial charge in [-0.15, -0.1) is 0 Å². The van der Waals surface area contributed by atoms with Gasteiger partial charge in [0.1, 0.15) is 6.67 Å². The van der Waals surface area contributed by atoms with Crippen molar-refractivity contribution in [3.63, 3.8) is 0 Å². The maximum absolute atomic E-state index is 2.49. The lowest BCUT2D eigenvalue weighted by atomic mass is 10.0. The fourth-order valence-electron chi connectivity index (χ4n) is 5.28. The van der Waals surface area contributed by atoms with Gasteiger partial charge in [0.05, 0.1) is 11.4 Å². The summed E-state index contributed by atoms with van der Waals surface area (Å²) in [5, 5.41) is 0. The summed E-state index contributed by atoms with van der Waals surface area (Å²) >= 11 is 0. The highest BCUT2D eigenvalue weighted by Crippen LogP contribution is 2.48. The van der Waals surface area contributed by atoms with Gasteiger partial charge < -0.3 is 9.80 Å². The second-order valence-electron chi connectivity index (χ2n) is 9.05. The molecular formula is C30H30N2. The molecule has 0 radical (unpaired) electrons. The molecule has 0 fully saturated rings. The van der Waals surface area contributed by atoms with Crippen molar-refractivity contribution < 1.29 is 0 Å². The van der Waals surface area contributed by atoms with Crippen LogP contribution in [0.3, 0.4) is 0 Å². The molecule has 32 heavy (non-hydrogen) atoms. The third kappa shape index (κ3) is 3.36. The topological polar surface area (TPSA) is 6.48 Å². The Kier molecular flexibility index (Phi) is 5.01. The second-order valence-corrected chi connectivity index (χ2v) is 9.05. The van der Waals surface area contributed by atoms with E-state index < -0.39 is 0 Å². The molecule has 0 unspecified atom stereocenters. The molecule has 4 aromatic rings. The van der Waals surface area contributed by atoms with Crippen LogP contribution in [0.25, 0.3) is 11.1 Å². The summed E-state index contributed by atoms with van der Waals surface area (Å²) in [5.74, 6) is 0. The van der Waals surface area contributed by atoms with E-state index in [1.807, 2.05) is 0 Å². The lowest BCUT2D eigenvalue weighted by molar-refractivity contribution is 0.969. The summed E-state index contributed by atoms with van der Waals surface area (Å²) < 4.78 is 0. The van der Waals surface area contributed by atoms with Crippen molar-refractivity contribution in [3.05, 3.63) is 107 Å². The predicted octanol–water partition coefficient (Wildman–Crippen LogP) is 8.14. The van der Waals surface area contributed by atoms with E-state index in [0.29, 0.717) is 0 Å². The average molecular weight is 419 g/mol. The maximum Gasteiger partial charge on any atom is 0.100 e. The monoisotopic (exact) mass is 418 g/mol. The number of rotatable bonds is 3. The number of hydrogen-bond donors (Lipinski definition) is 0. The molecule has 5 rings (SSSR count). The second kappa shape index (κ2) is 7.87. The molecule has 0 saturated carbocycles. The van der Waals surface area contributed by atoms with Crippen LogP contribution in [0.15, 0.2) is 78.9 Å². The summed E-state index contributed by atoms with van der Waals surface area (Å²) in [6, 6.07) is 28.7. The van der Waals surface area contributed by atoms with Crippen LogP contribution in [0.4, 0.5) is 22.7 Å². The Labute approximate surface area is 191 Å². The molecule has 0 aromatic heterocycles. The molecule has 0 N–H and O–H groups in total. The summed E-state index contributed by atoms with van der Waals surface area (Å²) in [5.41, 5.74) is 14.2. The van der Waals surface area contributed by atoms with Crippen molar-refractivity contribution in [1.29, 1.82) is 0 Å². The van der Waals surface area contributed by atoms with Crippen LogP contribution in [0.1, 0.15) is 27.8 Å². The zero-order valence-electron chi connectivity index (χ0n) is 19.6. The molecule has 1 aliphatic rings. The van der Waals surface area contributed by atoms with Gasteiger partial charge in [0.25, 0.3) is 0 Å². The van der Waals surface area contributed by atoms with Crippen molar-refractivity contribution in [3.8, 4) is 11.1 Å². The Hall–Kier alpha value is -3.52. The lowest BCUT2D eigenvalue weighted by Gasteiger charge is -2.27. The Morgan fingerprint density at radius 3 is 1.75 bits per heavy atom. The van der Waals surface area contributed by atoms with Gasteiger partial charge in [-0.3, -0.25) is 0 Å². The van der Waals surface area contributed by atoms with E-state index in [2.05, 4.69) is 123 Å². The predicted molar refractivity (Wildman–Crippen MR) is 138 cm³/mol. The first-order valence-corrected chi connectivity index (χ1v) is 11.3. The highest BCUT2D eigenvalue weighted by Gasteiger charge is 2.31. The van der Waals surface area contributed by atoms with Crippen molar-refractivity contribution in [2.45, 2.75) is 34.6 Å². The maximum atomic E-state index is 2.49. The molecule has 0 aliphatic carbocycles. The SMILES string of the molecule is Cc1cc(C)c(N2CN(c3c(C)cccc3C)c3cc(-c4ccccc4)ccc32)c(C)c1. The fourth-order valence-corrected chi connectivity index (χ4v) is 5.28. The third-order valence-electron chi connectivity index (χ3n) is 6.56. The molecule has 0 atom stereocenters. The van der Waals surface area contributed by atoms with Gasteiger partial charge in [-0.25, -0.2) is 0 Å². The first kappa shape index (κ1) is 20.4. The molecule has 0 bridgehead atoms. The largest absolute Gasteiger partial charge is 0.320 e. The van der Waals surface area contributed by atoms with Gasteiger partial charge in [-0.1, -0.05) is 72.3 Å². The number of fused-ring (bicyclic) bond motifs is 1. The Bertz CT molecular complexity index is 1260. The van der Waals surface area contributed by atoms with E-state index in [1.165, 1.54) is 61.7 Å². The van der Waals surface area contributed by atoms with E-state index in [0.717, 1.165) is 6.67 Å². The van der Waals surface area contributed by atoms with Crippen molar-refractivity contribution in [2.24, 2.45) is 0 Å². The van der Waals surface area contributed by atoms with Gasteiger partial charge >= 0.3 is 0 Å². The van der Waals surface area contributed by atoms with E-state index in [9.17, 15) is 0 Å². The highest BCUT2D eigenvalue weighted by molar-refractivity contribution is 5.92. The minimum absolute atomic E-state index is 0.810. The van der Waals surface area contributed by atoms with Crippen LogP contribution in [0.5, 0.6) is 0 Å². The van der Waals surface area contributed by atoms with Gasteiger partial charge in [0.15, 0.2) is 0 Å². The van der Waals surface area contributed by atoms with Gasteiger partial charge in [0, 0.05) is 11.4 Å². The Morgan fingerprint density at radius 2 is 1.09 bits per heavy atom. The van der Waals surface area contributed by atoms with Crippen LogP contribution in [-0.2, 0) is 0 Å². The van der Waals surface area contributed by atoms with Crippen molar-refractivity contribution >= 4 is 22.7 Å². The van der Waals surface area contributed by atoms with Crippen LogP contribution in [-0.4, -0.2) is 6.67 Å². The number of para-hydroxylation sites is 1. The highest BCUT2D eigenvalue weighted by atomic mass is 15.4. The number of anilines is 4. The summed E-state index contributed by atoms with van der Waals surface area (Å²) in [4.78, 5) is 4.98. The molecule has 0 saturated heterocycles. The number of hydrogen-bond acceptors (Lipinski definition) is 2. The molecule has 2 heteroatoms. The van der Waals surface area contributed by atoms with Crippen molar-refractivity contribution in [2.75, 3.05) is 16.5 Å². The number of aryl methyl sites for hydroxylation is 5. The van der Waals surface area contributed by atoms with E-state index in [4.69, 9.17) is 0 Å². The summed E-state index contributed by atoms with van der Waals surface area (Å²) in [7, 11) is 0. The smallest absolute Gasteiger partial charge is 0.100 e. The normalized spacial score (nSPS) is 12.9. The van der Waals surface area contributed by atoms with Gasteiger partial charge in [-0.05, 0) is 80.1 Å². The first-order valence-electron chi connectivity index (χ1n) is 11.3. The Morgan fingerprint density at radius 1 is 0.500 bits per heavy atom. The van der Waals surface area contributed by atoms with Gasteiger partial charge in [-0.2, -0.15) is 0 Å². The molecule has 160 valence electrons. The minimum atomic E-state index is 0.810. The molecule has 4 aromatic carbocycles. The average Bonchev–Trinajstić information content (AvgIpc) is 3.12. The molecule has 0 spiro atoms. The number of nitrogens with zero attached hydrogens (tertiary/aromatic N) is 2. The van der Waals surface area contributed by atoms with Crippen LogP contribution in [0, 0.1) is 34.6 Å². The number of benzene rings is 4. The zero-order valence-corrected chi connectivity index (χ0v) is 19.6. The quantitative estimate of drug-likeness (QED) is 0.331. The van der Waals surface area contributed by atoms with Gasteiger partial charge in [0.2, 0.25) is 0 Å².